The largest absolute Gasteiger partial charge is 0.0955 e. The summed E-state index contributed by atoms with van der Waals surface area (Å²) in [6, 6.07) is 18.5. The lowest BCUT2D eigenvalue weighted by Gasteiger charge is -2.02. The summed E-state index contributed by atoms with van der Waals surface area (Å²) in [7, 11) is 0. The maximum atomic E-state index is 3.88. The van der Waals surface area contributed by atoms with E-state index < -0.39 is 0 Å². The van der Waals surface area contributed by atoms with Crippen molar-refractivity contribution < 1.29 is 0 Å². The van der Waals surface area contributed by atoms with Crippen molar-refractivity contribution in [2.75, 3.05) is 0 Å². The van der Waals surface area contributed by atoms with Gasteiger partial charge in [-0.3, -0.25) is 0 Å². The first-order valence-electron chi connectivity index (χ1n) is 7.04. The highest BCUT2D eigenvalue weighted by molar-refractivity contribution is 5.66. The SMILES string of the molecule is C=C(C)c1ccc(C(=C)C)cc1.C=C(C)c1ccccc1. The molecule has 2 aromatic rings. The minimum atomic E-state index is 1.10. The minimum Gasteiger partial charge on any atom is -0.0955 e. The van der Waals surface area contributed by atoms with Crippen molar-refractivity contribution in [1.82, 2.24) is 0 Å². The molecular formula is C21H24. The third-order valence-corrected chi connectivity index (χ3v) is 3.14. The first-order chi connectivity index (χ1) is 9.91. The van der Waals surface area contributed by atoms with Gasteiger partial charge in [-0.15, -0.1) is 0 Å². The van der Waals surface area contributed by atoms with Gasteiger partial charge in [-0.1, -0.05) is 91.1 Å². The zero-order valence-corrected chi connectivity index (χ0v) is 13.3. The van der Waals surface area contributed by atoms with Crippen LogP contribution in [0.25, 0.3) is 16.7 Å². The van der Waals surface area contributed by atoms with E-state index in [-0.39, 0.29) is 0 Å². The number of hydrogen-bond acceptors (Lipinski definition) is 0. The second-order valence-electron chi connectivity index (χ2n) is 5.28. The summed E-state index contributed by atoms with van der Waals surface area (Å²) < 4.78 is 0. The van der Waals surface area contributed by atoms with Crippen LogP contribution in [0.4, 0.5) is 0 Å². The average molecular weight is 276 g/mol. The van der Waals surface area contributed by atoms with Gasteiger partial charge in [-0.05, 0) is 37.5 Å². The highest BCUT2D eigenvalue weighted by Crippen LogP contribution is 2.16. The second-order valence-corrected chi connectivity index (χ2v) is 5.28. The number of hydrogen-bond donors (Lipinski definition) is 0. The van der Waals surface area contributed by atoms with Crippen LogP contribution in [0.5, 0.6) is 0 Å². The Labute approximate surface area is 129 Å². The van der Waals surface area contributed by atoms with Crippen molar-refractivity contribution in [3.63, 3.8) is 0 Å². The van der Waals surface area contributed by atoms with Crippen molar-refractivity contribution in [3.05, 3.63) is 91.0 Å². The first kappa shape index (κ1) is 16.7. The summed E-state index contributed by atoms with van der Waals surface area (Å²) >= 11 is 0. The minimum absolute atomic E-state index is 1.10. The van der Waals surface area contributed by atoms with Crippen LogP contribution in [0.2, 0.25) is 0 Å². The Kier molecular flexibility index (Phi) is 6.42. The van der Waals surface area contributed by atoms with E-state index in [0.717, 1.165) is 16.7 Å². The fourth-order valence-electron chi connectivity index (χ4n) is 1.76. The molecule has 0 nitrogen and oxygen atoms in total. The van der Waals surface area contributed by atoms with Crippen molar-refractivity contribution in [3.8, 4) is 0 Å². The second kappa shape index (κ2) is 8.06. The van der Waals surface area contributed by atoms with E-state index in [4.69, 9.17) is 0 Å². The molecule has 108 valence electrons. The molecular weight excluding hydrogens is 252 g/mol. The Hall–Kier alpha value is -2.34. The molecule has 0 heteroatoms. The molecule has 0 N–H and O–H groups in total. The van der Waals surface area contributed by atoms with Gasteiger partial charge in [0.25, 0.3) is 0 Å². The summed E-state index contributed by atoms with van der Waals surface area (Å²) in [6.45, 7) is 17.6. The predicted octanol–water partition coefficient (Wildman–Crippen LogP) is 6.47. The van der Waals surface area contributed by atoms with E-state index in [9.17, 15) is 0 Å². The van der Waals surface area contributed by atoms with Crippen LogP contribution < -0.4 is 0 Å². The Morgan fingerprint density at radius 3 is 1.05 bits per heavy atom. The Bertz CT molecular complexity index is 580. The van der Waals surface area contributed by atoms with Crippen LogP contribution in [0.15, 0.2) is 74.3 Å². The maximum Gasteiger partial charge on any atom is -0.0233 e. The standard InChI is InChI=1S/C12H14.C9H10/c1-9(2)11-5-7-12(8-6-11)10(3)4;1-8(2)9-6-4-3-5-7-9/h5-8H,1,3H2,2,4H3;3-7H,1H2,2H3. The van der Waals surface area contributed by atoms with E-state index in [1.54, 1.807) is 0 Å². The monoisotopic (exact) mass is 276 g/mol. The molecule has 0 aliphatic heterocycles. The Morgan fingerprint density at radius 2 is 0.810 bits per heavy atom. The van der Waals surface area contributed by atoms with Gasteiger partial charge >= 0.3 is 0 Å². The Morgan fingerprint density at radius 1 is 0.524 bits per heavy atom. The van der Waals surface area contributed by atoms with Crippen molar-refractivity contribution >= 4 is 16.7 Å². The fraction of sp³-hybridized carbons (Fsp3) is 0.143. The molecule has 21 heavy (non-hydrogen) atoms. The van der Waals surface area contributed by atoms with Crippen LogP contribution in [-0.4, -0.2) is 0 Å². The normalized spacial score (nSPS) is 9.29. The van der Waals surface area contributed by atoms with Crippen LogP contribution in [-0.2, 0) is 0 Å². The van der Waals surface area contributed by atoms with Gasteiger partial charge in [0.05, 0.1) is 0 Å². The molecule has 0 aliphatic carbocycles. The molecule has 0 aromatic heterocycles. The zero-order chi connectivity index (χ0) is 15.8. The molecule has 0 spiro atoms. The summed E-state index contributed by atoms with van der Waals surface area (Å²) in [5.74, 6) is 0. The van der Waals surface area contributed by atoms with Crippen LogP contribution in [0.1, 0.15) is 37.5 Å². The van der Waals surface area contributed by atoms with E-state index in [1.807, 2.05) is 39.0 Å². The molecule has 0 amide bonds. The molecule has 0 radical (unpaired) electrons. The summed E-state index contributed by atoms with van der Waals surface area (Å²) in [5, 5.41) is 0. The lowest BCUT2D eigenvalue weighted by Crippen LogP contribution is -1.80. The summed E-state index contributed by atoms with van der Waals surface area (Å²) in [6.07, 6.45) is 0. The lowest BCUT2D eigenvalue weighted by molar-refractivity contribution is 1.53. The van der Waals surface area contributed by atoms with Crippen molar-refractivity contribution in [2.24, 2.45) is 0 Å². The van der Waals surface area contributed by atoms with Crippen LogP contribution in [0, 0.1) is 0 Å². The molecule has 2 rings (SSSR count). The van der Waals surface area contributed by atoms with Crippen molar-refractivity contribution in [2.45, 2.75) is 20.8 Å². The van der Waals surface area contributed by atoms with Gasteiger partial charge in [0.15, 0.2) is 0 Å². The van der Waals surface area contributed by atoms with Gasteiger partial charge in [0, 0.05) is 0 Å². The highest BCUT2D eigenvalue weighted by atomic mass is 14.0. The number of allylic oxidation sites excluding steroid dienone is 3. The molecule has 0 fully saturated rings. The van der Waals surface area contributed by atoms with E-state index in [1.165, 1.54) is 16.7 Å². The van der Waals surface area contributed by atoms with Gasteiger partial charge in [-0.2, -0.15) is 0 Å². The molecule has 0 aliphatic rings. The summed E-state index contributed by atoms with van der Waals surface area (Å²) in [4.78, 5) is 0. The van der Waals surface area contributed by atoms with Crippen molar-refractivity contribution in [1.29, 1.82) is 0 Å². The summed E-state index contributed by atoms with van der Waals surface area (Å²) in [5.41, 5.74) is 6.93. The zero-order valence-electron chi connectivity index (χ0n) is 13.3. The molecule has 0 atom stereocenters. The fourth-order valence-corrected chi connectivity index (χ4v) is 1.76. The molecule has 0 saturated carbocycles. The third-order valence-electron chi connectivity index (χ3n) is 3.14. The molecule has 0 saturated heterocycles. The van der Waals surface area contributed by atoms with E-state index in [2.05, 4.69) is 56.1 Å². The topological polar surface area (TPSA) is 0 Å². The molecule has 0 heterocycles. The number of rotatable bonds is 3. The van der Waals surface area contributed by atoms with E-state index >= 15 is 0 Å². The quantitative estimate of drug-likeness (QED) is 0.602. The smallest absolute Gasteiger partial charge is 0.0233 e. The van der Waals surface area contributed by atoms with Gasteiger partial charge in [0.1, 0.15) is 0 Å². The van der Waals surface area contributed by atoms with Crippen LogP contribution in [0.3, 0.4) is 0 Å². The van der Waals surface area contributed by atoms with Gasteiger partial charge in [-0.25, -0.2) is 0 Å². The third kappa shape index (κ3) is 5.66. The lowest BCUT2D eigenvalue weighted by atomic mass is 10.0. The molecule has 2 aromatic carbocycles. The highest BCUT2D eigenvalue weighted by Gasteiger charge is 1.94. The Balaban J connectivity index is 0.000000219. The average Bonchev–Trinajstić information content (AvgIpc) is 2.49. The van der Waals surface area contributed by atoms with Gasteiger partial charge < -0.3 is 0 Å². The van der Waals surface area contributed by atoms with E-state index in [0.29, 0.717) is 0 Å². The van der Waals surface area contributed by atoms with Gasteiger partial charge in [0.2, 0.25) is 0 Å². The molecule has 0 unspecified atom stereocenters. The van der Waals surface area contributed by atoms with Crippen LogP contribution >= 0.6 is 0 Å². The number of benzene rings is 2. The molecule has 0 bridgehead atoms. The predicted molar refractivity (Wildman–Crippen MR) is 97.0 cm³/mol. The first-order valence-corrected chi connectivity index (χ1v) is 7.04. The maximum absolute atomic E-state index is 3.88.